The molecule has 0 aliphatic carbocycles. The number of carbonyl (C=O) groups is 1. The van der Waals surface area contributed by atoms with Gasteiger partial charge in [0.05, 0.1) is 23.6 Å². The first-order valence-corrected chi connectivity index (χ1v) is 10.1. The van der Waals surface area contributed by atoms with Crippen molar-refractivity contribution in [2.24, 2.45) is 0 Å². The zero-order chi connectivity index (χ0) is 22.9. The number of fused-ring (bicyclic) bond motifs is 4. The normalized spacial score (nSPS) is 11.0. The highest BCUT2D eigenvalue weighted by Gasteiger charge is 2.17. The zero-order valence-corrected chi connectivity index (χ0v) is 17.5. The average Bonchev–Trinajstić information content (AvgIpc) is 3.43. The Morgan fingerprint density at radius 1 is 1.00 bits per heavy atom. The van der Waals surface area contributed by atoms with E-state index < -0.39 is 5.97 Å². The van der Waals surface area contributed by atoms with Gasteiger partial charge in [-0.3, -0.25) is 14.8 Å². The van der Waals surface area contributed by atoms with Crippen LogP contribution in [0.4, 0.5) is 4.39 Å². The van der Waals surface area contributed by atoms with Gasteiger partial charge in [0.25, 0.3) is 5.97 Å². The Balaban J connectivity index is 0.000000531. The molecule has 5 heterocycles. The highest BCUT2D eigenvalue weighted by Crippen LogP contribution is 2.37. The molecular weight excluding hydrogens is 421 g/mol. The Bertz CT molecular complexity index is 1620. The average molecular weight is 439 g/mol. The largest absolute Gasteiger partial charge is 0.481 e. The summed E-state index contributed by atoms with van der Waals surface area (Å²) in [5, 5.41) is 10.1. The Labute approximate surface area is 187 Å². The number of hydrogen-bond donors (Lipinski definition) is 3. The summed E-state index contributed by atoms with van der Waals surface area (Å²) < 4.78 is 15.0. The van der Waals surface area contributed by atoms with Crippen LogP contribution in [0, 0.1) is 5.82 Å². The van der Waals surface area contributed by atoms with Crippen LogP contribution in [0.25, 0.3) is 55.2 Å². The molecule has 1 aromatic carbocycles. The number of hydrogen-bond acceptors (Lipinski definition) is 4. The van der Waals surface area contributed by atoms with E-state index >= 15 is 4.39 Å². The van der Waals surface area contributed by atoms with Crippen molar-refractivity contribution < 1.29 is 14.3 Å². The van der Waals surface area contributed by atoms with E-state index in [1.807, 2.05) is 48.7 Å². The third kappa shape index (κ3) is 3.78. The van der Waals surface area contributed by atoms with Gasteiger partial charge < -0.3 is 15.1 Å². The van der Waals surface area contributed by atoms with Crippen LogP contribution in [0.3, 0.4) is 0 Å². The minimum atomic E-state index is -0.833. The number of aromatic nitrogens is 5. The first-order valence-electron chi connectivity index (χ1n) is 10.1. The molecule has 162 valence electrons. The Morgan fingerprint density at radius 2 is 1.85 bits per heavy atom. The van der Waals surface area contributed by atoms with E-state index in [0.29, 0.717) is 11.2 Å². The molecule has 7 nitrogen and oxygen atoms in total. The molecule has 0 fully saturated rings. The fourth-order valence-corrected chi connectivity index (χ4v) is 3.89. The molecule has 3 N–H and O–H groups in total. The van der Waals surface area contributed by atoms with Crippen molar-refractivity contribution in [2.75, 3.05) is 0 Å². The number of halogens is 1. The SMILES string of the molecule is CC(=O)O.Fc1cnc2[nH]c3cnc(-c4cccnc4)cc3c2c1-c1ccc2cc[nH]c2c1. The van der Waals surface area contributed by atoms with Gasteiger partial charge in [-0.2, -0.15) is 0 Å². The summed E-state index contributed by atoms with van der Waals surface area (Å²) in [6, 6.07) is 13.7. The van der Waals surface area contributed by atoms with Crippen LogP contribution >= 0.6 is 0 Å². The predicted octanol–water partition coefficient (Wildman–Crippen LogP) is 5.55. The fourth-order valence-electron chi connectivity index (χ4n) is 3.89. The minimum absolute atomic E-state index is 0.357. The first-order chi connectivity index (χ1) is 16.0. The van der Waals surface area contributed by atoms with Crippen LogP contribution in [0.2, 0.25) is 0 Å². The van der Waals surface area contributed by atoms with Crippen LogP contribution in [-0.4, -0.2) is 36.0 Å². The Morgan fingerprint density at radius 3 is 2.64 bits per heavy atom. The zero-order valence-electron chi connectivity index (χ0n) is 17.5. The molecule has 0 bridgehead atoms. The van der Waals surface area contributed by atoms with E-state index in [1.54, 1.807) is 18.6 Å². The molecule has 0 aliphatic heterocycles. The number of nitrogens with zero attached hydrogens (tertiary/aromatic N) is 3. The third-order valence-electron chi connectivity index (χ3n) is 5.26. The van der Waals surface area contributed by atoms with Crippen LogP contribution in [0.15, 0.2) is 73.4 Å². The number of pyridine rings is 3. The van der Waals surface area contributed by atoms with Gasteiger partial charge in [-0.05, 0) is 41.3 Å². The molecule has 8 heteroatoms. The summed E-state index contributed by atoms with van der Waals surface area (Å²) in [7, 11) is 0. The van der Waals surface area contributed by atoms with Gasteiger partial charge in [0.15, 0.2) is 0 Å². The molecular formula is C25H18FN5O2. The van der Waals surface area contributed by atoms with Gasteiger partial charge in [-0.15, -0.1) is 0 Å². The maximum absolute atomic E-state index is 15.0. The van der Waals surface area contributed by atoms with Gasteiger partial charge in [-0.1, -0.05) is 12.1 Å². The summed E-state index contributed by atoms with van der Waals surface area (Å²) in [4.78, 5) is 28.4. The first kappa shape index (κ1) is 20.3. The lowest BCUT2D eigenvalue weighted by atomic mass is 9.99. The van der Waals surface area contributed by atoms with Crippen LogP contribution in [-0.2, 0) is 4.79 Å². The number of carboxylic acid groups (broad SMARTS) is 1. The molecule has 0 unspecified atom stereocenters. The molecule has 0 aliphatic rings. The molecule has 6 aromatic rings. The van der Waals surface area contributed by atoms with Crippen LogP contribution < -0.4 is 0 Å². The highest BCUT2D eigenvalue weighted by molar-refractivity contribution is 6.13. The van der Waals surface area contributed by atoms with Crippen molar-refractivity contribution in [3.63, 3.8) is 0 Å². The summed E-state index contributed by atoms with van der Waals surface area (Å²) in [5.41, 5.74) is 5.42. The van der Waals surface area contributed by atoms with Gasteiger partial charge in [0.2, 0.25) is 0 Å². The topological polar surface area (TPSA) is 108 Å². The molecule has 0 saturated heterocycles. The van der Waals surface area contributed by atoms with E-state index in [4.69, 9.17) is 9.90 Å². The predicted molar refractivity (Wildman–Crippen MR) is 125 cm³/mol. The van der Waals surface area contributed by atoms with Gasteiger partial charge >= 0.3 is 0 Å². The lowest BCUT2D eigenvalue weighted by Crippen LogP contribution is -1.89. The van der Waals surface area contributed by atoms with Crippen molar-refractivity contribution in [1.29, 1.82) is 0 Å². The van der Waals surface area contributed by atoms with Gasteiger partial charge in [-0.25, -0.2) is 9.37 Å². The number of benzene rings is 1. The smallest absolute Gasteiger partial charge is 0.300 e. The quantitative estimate of drug-likeness (QED) is 0.328. The van der Waals surface area contributed by atoms with Crippen LogP contribution in [0.5, 0.6) is 0 Å². The molecule has 0 amide bonds. The maximum Gasteiger partial charge on any atom is 0.300 e. The summed E-state index contributed by atoms with van der Waals surface area (Å²) in [6.45, 7) is 1.08. The van der Waals surface area contributed by atoms with Crippen molar-refractivity contribution in [3.8, 4) is 22.4 Å². The monoisotopic (exact) mass is 439 g/mol. The van der Waals surface area contributed by atoms with Gasteiger partial charge in [0.1, 0.15) is 11.5 Å². The lowest BCUT2D eigenvalue weighted by molar-refractivity contribution is -0.134. The third-order valence-corrected chi connectivity index (χ3v) is 5.26. The van der Waals surface area contributed by atoms with E-state index in [1.165, 1.54) is 6.20 Å². The van der Waals surface area contributed by atoms with E-state index in [0.717, 1.165) is 50.9 Å². The second-order valence-electron chi connectivity index (χ2n) is 7.49. The van der Waals surface area contributed by atoms with Crippen molar-refractivity contribution in [2.45, 2.75) is 6.92 Å². The molecule has 0 radical (unpaired) electrons. The Kier molecular flexibility index (Phi) is 5.02. The van der Waals surface area contributed by atoms with Crippen molar-refractivity contribution in [3.05, 3.63) is 79.3 Å². The fraction of sp³-hybridized carbons (Fsp3) is 0.0400. The molecule has 33 heavy (non-hydrogen) atoms. The molecule has 0 spiro atoms. The van der Waals surface area contributed by atoms with E-state index in [2.05, 4.69) is 24.9 Å². The number of nitrogens with one attached hydrogen (secondary N) is 2. The summed E-state index contributed by atoms with van der Waals surface area (Å²) in [5.74, 6) is -1.19. The van der Waals surface area contributed by atoms with E-state index in [9.17, 15) is 0 Å². The molecule has 0 atom stereocenters. The molecule has 0 saturated carbocycles. The summed E-state index contributed by atoms with van der Waals surface area (Å²) in [6.07, 6.45) is 8.39. The number of carboxylic acids is 1. The van der Waals surface area contributed by atoms with Gasteiger partial charge in [0, 0.05) is 52.9 Å². The number of aromatic amines is 2. The van der Waals surface area contributed by atoms with E-state index in [-0.39, 0.29) is 5.82 Å². The maximum atomic E-state index is 15.0. The number of rotatable bonds is 2. The number of H-pyrrole nitrogens is 2. The molecule has 6 rings (SSSR count). The minimum Gasteiger partial charge on any atom is -0.481 e. The Hall–Kier alpha value is -4.59. The van der Waals surface area contributed by atoms with Crippen molar-refractivity contribution in [1.82, 2.24) is 24.9 Å². The summed E-state index contributed by atoms with van der Waals surface area (Å²) >= 11 is 0. The lowest BCUT2D eigenvalue weighted by Gasteiger charge is -2.07. The molecule has 5 aromatic heterocycles. The van der Waals surface area contributed by atoms with Crippen LogP contribution in [0.1, 0.15) is 6.92 Å². The second-order valence-corrected chi connectivity index (χ2v) is 7.49. The highest BCUT2D eigenvalue weighted by atomic mass is 19.1. The van der Waals surface area contributed by atoms with Crippen molar-refractivity contribution >= 4 is 38.8 Å². The number of aliphatic carboxylic acids is 1. The standard InChI is InChI=1S/C23H14FN5.C2H4O2/c24-17-11-28-23-22(21(17)14-4-3-13-5-7-26-18(13)8-14)16-9-19(27-12-20(16)29-23)15-2-1-6-25-10-15;1-2(3)4/h1-12,26H,(H,28,29);1H3,(H,3,4). The second kappa shape index (κ2) is 8.16.